The SMILES string of the molecule is CC(C)C(N)CCN(C)C(=O)CCS(C)(=O)=O. The molecule has 0 aromatic heterocycles. The van der Waals surface area contributed by atoms with Crippen molar-refractivity contribution in [3.63, 3.8) is 0 Å². The summed E-state index contributed by atoms with van der Waals surface area (Å²) in [5, 5.41) is 0. The minimum Gasteiger partial charge on any atom is -0.346 e. The number of sulfone groups is 1. The highest BCUT2D eigenvalue weighted by atomic mass is 32.2. The summed E-state index contributed by atoms with van der Waals surface area (Å²) in [7, 11) is -1.39. The third kappa shape index (κ3) is 8.15. The molecular formula is C11H24N2O3S. The van der Waals surface area contributed by atoms with E-state index >= 15 is 0 Å². The fraction of sp³-hybridized carbons (Fsp3) is 0.909. The predicted octanol–water partition coefficient (Wildman–Crippen LogP) is 0.253. The van der Waals surface area contributed by atoms with Crippen molar-refractivity contribution in [3.8, 4) is 0 Å². The summed E-state index contributed by atoms with van der Waals surface area (Å²) in [5.74, 6) is 0.146. The summed E-state index contributed by atoms with van der Waals surface area (Å²) >= 11 is 0. The van der Waals surface area contributed by atoms with Gasteiger partial charge in [-0.1, -0.05) is 13.8 Å². The summed E-state index contributed by atoms with van der Waals surface area (Å²) in [6, 6.07) is 0.0696. The van der Waals surface area contributed by atoms with E-state index in [0.717, 1.165) is 12.7 Å². The first-order chi connectivity index (χ1) is 7.63. The lowest BCUT2D eigenvalue weighted by atomic mass is 10.0. The largest absolute Gasteiger partial charge is 0.346 e. The van der Waals surface area contributed by atoms with Crippen LogP contribution in [0, 0.1) is 5.92 Å². The van der Waals surface area contributed by atoms with Gasteiger partial charge in [0.1, 0.15) is 9.84 Å². The van der Waals surface area contributed by atoms with Crippen LogP contribution in [0.1, 0.15) is 26.7 Å². The van der Waals surface area contributed by atoms with Crippen LogP contribution in [-0.4, -0.2) is 50.9 Å². The summed E-state index contributed by atoms with van der Waals surface area (Å²) in [4.78, 5) is 13.1. The van der Waals surface area contributed by atoms with E-state index in [1.807, 2.05) is 13.8 Å². The Morgan fingerprint density at radius 3 is 2.29 bits per heavy atom. The van der Waals surface area contributed by atoms with Crippen LogP contribution in [0.15, 0.2) is 0 Å². The molecule has 0 fully saturated rings. The molecule has 1 amide bonds. The molecule has 5 nitrogen and oxygen atoms in total. The molecule has 1 atom stereocenters. The average Bonchev–Trinajstić information content (AvgIpc) is 2.20. The van der Waals surface area contributed by atoms with Gasteiger partial charge in [0, 0.05) is 32.3 Å². The van der Waals surface area contributed by atoms with E-state index in [2.05, 4.69) is 0 Å². The van der Waals surface area contributed by atoms with Gasteiger partial charge in [-0.25, -0.2) is 8.42 Å². The Kier molecular flexibility index (Phi) is 6.70. The van der Waals surface area contributed by atoms with Crippen LogP contribution < -0.4 is 5.73 Å². The number of hydrogen-bond acceptors (Lipinski definition) is 4. The Bertz CT molecular complexity index is 339. The van der Waals surface area contributed by atoms with Gasteiger partial charge in [0.25, 0.3) is 0 Å². The summed E-state index contributed by atoms with van der Waals surface area (Å²) < 4.78 is 21.8. The van der Waals surface area contributed by atoms with E-state index in [-0.39, 0.29) is 24.1 Å². The fourth-order valence-electron chi connectivity index (χ4n) is 1.26. The molecule has 0 aromatic rings. The van der Waals surface area contributed by atoms with Gasteiger partial charge in [0.2, 0.25) is 5.91 Å². The van der Waals surface area contributed by atoms with E-state index in [4.69, 9.17) is 5.73 Å². The van der Waals surface area contributed by atoms with Crippen LogP contribution in [0.4, 0.5) is 0 Å². The predicted molar refractivity (Wildman–Crippen MR) is 69.4 cm³/mol. The Hall–Kier alpha value is -0.620. The van der Waals surface area contributed by atoms with Gasteiger partial charge in [-0.05, 0) is 12.3 Å². The molecule has 1 unspecified atom stereocenters. The van der Waals surface area contributed by atoms with E-state index in [0.29, 0.717) is 12.5 Å². The van der Waals surface area contributed by atoms with Crippen molar-refractivity contribution in [1.82, 2.24) is 4.90 Å². The van der Waals surface area contributed by atoms with Crippen LogP contribution in [0.25, 0.3) is 0 Å². The van der Waals surface area contributed by atoms with Gasteiger partial charge in [0.05, 0.1) is 5.75 Å². The van der Waals surface area contributed by atoms with Crippen LogP contribution in [0.5, 0.6) is 0 Å². The molecule has 0 aliphatic heterocycles. The van der Waals surface area contributed by atoms with Crippen molar-refractivity contribution in [3.05, 3.63) is 0 Å². The van der Waals surface area contributed by atoms with Gasteiger partial charge in [-0.15, -0.1) is 0 Å². The minimum absolute atomic E-state index is 0.0479. The molecule has 102 valence electrons. The monoisotopic (exact) mass is 264 g/mol. The topological polar surface area (TPSA) is 80.5 Å². The van der Waals surface area contributed by atoms with Crippen molar-refractivity contribution < 1.29 is 13.2 Å². The van der Waals surface area contributed by atoms with Crippen molar-refractivity contribution in [2.45, 2.75) is 32.7 Å². The second-order valence-corrected chi connectivity index (χ2v) is 7.15. The maximum atomic E-state index is 11.6. The molecule has 0 saturated heterocycles. The van der Waals surface area contributed by atoms with E-state index in [9.17, 15) is 13.2 Å². The number of carbonyl (C=O) groups excluding carboxylic acids is 1. The molecule has 17 heavy (non-hydrogen) atoms. The Balaban J connectivity index is 3.98. The quantitative estimate of drug-likeness (QED) is 0.715. The lowest BCUT2D eigenvalue weighted by molar-refractivity contribution is -0.129. The van der Waals surface area contributed by atoms with Gasteiger partial charge in [0.15, 0.2) is 0 Å². The van der Waals surface area contributed by atoms with Crippen molar-refractivity contribution >= 4 is 15.7 Å². The Morgan fingerprint density at radius 1 is 1.35 bits per heavy atom. The number of hydrogen-bond donors (Lipinski definition) is 1. The van der Waals surface area contributed by atoms with Crippen LogP contribution in [-0.2, 0) is 14.6 Å². The summed E-state index contributed by atoms with van der Waals surface area (Å²) in [6.07, 6.45) is 1.92. The third-order valence-electron chi connectivity index (χ3n) is 2.77. The highest BCUT2D eigenvalue weighted by Crippen LogP contribution is 2.04. The summed E-state index contributed by atoms with van der Waals surface area (Å²) in [6.45, 7) is 4.65. The van der Waals surface area contributed by atoms with Crippen molar-refractivity contribution in [1.29, 1.82) is 0 Å². The van der Waals surface area contributed by atoms with Crippen LogP contribution in [0.3, 0.4) is 0 Å². The number of amides is 1. The molecule has 0 rings (SSSR count). The Labute approximate surface area is 104 Å². The lowest BCUT2D eigenvalue weighted by Crippen LogP contribution is -2.35. The second-order valence-electron chi connectivity index (χ2n) is 4.89. The standard InChI is InChI=1S/C11H24N2O3S/c1-9(2)10(12)5-7-13(3)11(14)6-8-17(4,15)16/h9-10H,5-8,12H2,1-4H3. The van der Waals surface area contributed by atoms with Crippen LogP contribution >= 0.6 is 0 Å². The molecule has 0 aliphatic carbocycles. The smallest absolute Gasteiger partial charge is 0.223 e. The molecule has 0 bridgehead atoms. The molecule has 0 aromatic carbocycles. The van der Waals surface area contributed by atoms with Gasteiger partial charge >= 0.3 is 0 Å². The van der Waals surface area contributed by atoms with Crippen LogP contribution in [0.2, 0.25) is 0 Å². The summed E-state index contributed by atoms with van der Waals surface area (Å²) in [5.41, 5.74) is 5.87. The first-order valence-corrected chi connectivity index (χ1v) is 7.87. The van der Waals surface area contributed by atoms with Gasteiger partial charge in [-0.2, -0.15) is 0 Å². The normalized spacial score (nSPS) is 13.8. The zero-order valence-corrected chi connectivity index (χ0v) is 12.0. The maximum absolute atomic E-state index is 11.6. The number of rotatable bonds is 7. The first-order valence-electron chi connectivity index (χ1n) is 5.80. The molecular weight excluding hydrogens is 240 g/mol. The molecule has 2 N–H and O–H groups in total. The van der Waals surface area contributed by atoms with E-state index < -0.39 is 9.84 Å². The first kappa shape index (κ1) is 16.4. The van der Waals surface area contributed by atoms with E-state index in [1.165, 1.54) is 0 Å². The van der Waals surface area contributed by atoms with Gasteiger partial charge < -0.3 is 10.6 Å². The van der Waals surface area contributed by atoms with Gasteiger partial charge in [-0.3, -0.25) is 4.79 Å². The third-order valence-corrected chi connectivity index (χ3v) is 3.71. The minimum atomic E-state index is -3.07. The highest BCUT2D eigenvalue weighted by Gasteiger charge is 2.14. The fourth-order valence-corrected chi connectivity index (χ4v) is 1.81. The zero-order valence-electron chi connectivity index (χ0n) is 11.1. The number of nitrogens with two attached hydrogens (primary N) is 1. The molecule has 0 saturated carbocycles. The second kappa shape index (κ2) is 6.96. The molecule has 0 radical (unpaired) electrons. The average molecular weight is 264 g/mol. The van der Waals surface area contributed by atoms with E-state index in [1.54, 1.807) is 11.9 Å². The number of carbonyl (C=O) groups is 1. The van der Waals surface area contributed by atoms with Crippen molar-refractivity contribution in [2.75, 3.05) is 25.6 Å². The molecule has 6 heteroatoms. The molecule has 0 aliphatic rings. The highest BCUT2D eigenvalue weighted by molar-refractivity contribution is 7.90. The number of nitrogens with zero attached hydrogens (tertiary/aromatic N) is 1. The van der Waals surface area contributed by atoms with Crippen molar-refractivity contribution in [2.24, 2.45) is 11.7 Å². The molecule has 0 heterocycles. The zero-order chi connectivity index (χ0) is 13.6. The Morgan fingerprint density at radius 2 is 1.88 bits per heavy atom. The maximum Gasteiger partial charge on any atom is 0.223 e. The molecule has 0 spiro atoms. The lowest BCUT2D eigenvalue weighted by Gasteiger charge is -2.21.